The van der Waals surface area contributed by atoms with Crippen LogP contribution in [0.25, 0.3) is 0 Å². The molecule has 1 N–H and O–H groups in total. The van der Waals surface area contributed by atoms with Crippen LogP contribution < -0.4 is 10.2 Å². The fraction of sp³-hybridized carbons (Fsp3) is 0.222. The van der Waals surface area contributed by atoms with Crippen LogP contribution in [-0.4, -0.2) is 18.4 Å². The van der Waals surface area contributed by atoms with Gasteiger partial charge in [-0.2, -0.15) is 0 Å². The summed E-state index contributed by atoms with van der Waals surface area (Å²) in [7, 11) is 0. The third kappa shape index (κ3) is 3.61. The topological polar surface area (TPSA) is 49.4 Å². The summed E-state index contributed by atoms with van der Waals surface area (Å²) < 4.78 is 0. The summed E-state index contributed by atoms with van der Waals surface area (Å²) in [6.45, 7) is 2.08. The average Bonchev–Trinajstić information content (AvgIpc) is 2.96. The van der Waals surface area contributed by atoms with E-state index in [9.17, 15) is 9.59 Å². The SMILES string of the molecule is Cc1c(Cl)cccc1NC(=O)[C@H]1CC(=O)N(c2cccc(Cl)c2Cl)C1. The van der Waals surface area contributed by atoms with Gasteiger partial charge >= 0.3 is 0 Å². The molecule has 1 saturated heterocycles. The summed E-state index contributed by atoms with van der Waals surface area (Å²) in [4.78, 5) is 26.4. The van der Waals surface area contributed by atoms with Gasteiger partial charge < -0.3 is 10.2 Å². The molecule has 1 atom stereocenters. The second-order valence-electron chi connectivity index (χ2n) is 5.88. The highest BCUT2D eigenvalue weighted by molar-refractivity contribution is 6.44. The molecule has 3 rings (SSSR count). The molecule has 0 aromatic heterocycles. The molecule has 2 amide bonds. The Bertz CT molecular complexity index is 854. The molecule has 0 bridgehead atoms. The Morgan fingerprint density at radius 3 is 2.56 bits per heavy atom. The molecule has 130 valence electrons. The van der Waals surface area contributed by atoms with Crippen molar-refractivity contribution in [2.45, 2.75) is 13.3 Å². The van der Waals surface area contributed by atoms with E-state index in [0.717, 1.165) is 5.56 Å². The first-order valence-corrected chi connectivity index (χ1v) is 8.82. The molecule has 1 fully saturated rings. The third-order valence-electron chi connectivity index (χ3n) is 4.24. The number of nitrogens with one attached hydrogen (secondary N) is 1. The van der Waals surface area contributed by atoms with Gasteiger partial charge in [-0.25, -0.2) is 0 Å². The van der Waals surface area contributed by atoms with Gasteiger partial charge in [0.1, 0.15) is 0 Å². The molecule has 7 heteroatoms. The van der Waals surface area contributed by atoms with Crippen molar-refractivity contribution in [1.82, 2.24) is 0 Å². The van der Waals surface area contributed by atoms with Crippen LogP contribution in [0.15, 0.2) is 36.4 Å². The summed E-state index contributed by atoms with van der Waals surface area (Å²) in [5.74, 6) is -0.854. The molecule has 0 saturated carbocycles. The molecule has 2 aromatic carbocycles. The molecule has 1 heterocycles. The van der Waals surface area contributed by atoms with Crippen molar-refractivity contribution in [3.05, 3.63) is 57.0 Å². The molecule has 0 spiro atoms. The predicted molar refractivity (Wildman–Crippen MR) is 102 cm³/mol. The van der Waals surface area contributed by atoms with Crippen molar-refractivity contribution in [3.63, 3.8) is 0 Å². The Hall–Kier alpha value is -1.75. The van der Waals surface area contributed by atoms with Crippen molar-refractivity contribution in [2.24, 2.45) is 5.92 Å². The average molecular weight is 398 g/mol. The van der Waals surface area contributed by atoms with Gasteiger partial charge in [-0.05, 0) is 36.8 Å². The van der Waals surface area contributed by atoms with Crippen LogP contribution in [0.5, 0.6) is 0 Å². The summed E-state index contributed by atoms with van der Waals surface area (Å²) in [6.07, 6.45) is 0.119. The van der Waals surface area contributed by atoms with Crippen molar-refractivity contribution in [3.8, 4) is 0 Å². The zero-order chi connectivity index (χ0) is 18.1. The largest absolute Gasteiger partial charge is 0.325 e. The summed E-state index contributed by atoms with van der Waals surface area (Å²) in [6, 6.07) is 10.4. The monoisotopic (exact) mass is 396 g/mol. The number of rotatable bonds is 3. The van der Waals surface area contributed by atoms with Crippen LogP contribution in [0.2, 0.25) is 15.1 Å². The van der Waals surface area contributed by atoms with Gasteiger partial charge in [-0.1, -0.05) is 46.9 Å². The van der Waals surface area contributed by atoms with E-state index in [1.54, 1.807) is 36.4 Å². The number of anilines is 2. The van der Waals surface area contributed by atoms with Crippen LogP contribution >= 0.6 is 34.8 Å². The van der Waals surface area contributed by atoms with Gasteiger partial charge in [0.15, 0.2) is 0 Å². The molecule has 0 aliphatic carbocycles. The lowest BCUT2D eigenvalue weighted by Crippen LogP contribution is -2.28. The molecule has 1 aliphatic rings. The van der Waals surface area contributed by atoms with Crippen molar-refractivity contribution >= 4 is 58.0 Å². The lowest BCUT2D eigenvalue weighted by atomic mass is 10.1. The van der Waals surface area contributed by atoms with Crippen LogP contribution in [0.4, 0.5) is 11.4 Å². The summed E-state index contributed by atoms with van der Waals surface area (Å²) in [5, 5.41) is 4.11. The van der Waals surface area contributed by atoms with Gasteiger partial charge in [0.2, 0.25) is 11.8 Å². The molecule has 2 aromatic rings. The Morgan fingerprint density at radius 2 is 1.80 bits per heavy atom. The normalized spacial score (nSPS) is 17.0. The number of carbonyl (C=O) groups is 2. The van der Waals surface area contributed by atoms with E-state index in [2.05, 4.69) is 5.32 Å². The third-order valence-corrected chi connectivity index (χ3v) is 5.46. The Labute approximate surface area is 160 Å². The minimum absolute atomic E-state index is 0.119. The van der Waals surface area contributed by atoms with E-state index >= 15 is 0 Å². The quantitative estimate of drug-likeness (QED) is 0.797. The number of carbonyl (C=O) groups excluding carboxylic acids is 2. The highest BCUT2D eigenvalue weighted by atomic mass is 35.5. The molecule has 1 aliphatic heterocycles. The molecular formula is C18H15Cl3N2O2. The van der Waals surface area contributed by atoms with Gasteiger partial charge in [-0.15, -0.1) is 0 Å². The first-order valence-electron chi connectivity index (χ1n) is 7.69. The lowest BCUT2D eigenvalue weighted by molar-refractivity contribution is -0.122. The maximum atomic E-state index is 12.6. The molecule has 0 unspecified atom stereocenters. The maximum absolute atomic E-state index is 12.6. The Kier molecular flexibility index (Phi) is 5.23. The van der Waals surface area contributed by atoms with Crippen LogP contribution in [-0.2, 0) is 9.59 Å². The van der Waals surface area contributed by atoms with E-state index in [0.29, 0.717) is 26.4 Å². The minimum Gasteiger partial charge on any atom is -0.325 e. The Morgan fingerprint density at radius 1 is 1.12 bits per heavy atom. The minimum atomic E-state index is -0.471. The van der Waals surface area contributed by atoms with E-state index in [-0.39, 0.29) is 24.8 Å². The van der Waals surface area contributed by atoms with Gasteiger partial charge in [0.05, 0.1) is 21.7 Å². The fourth-order valence-electron chi connectivity index (χ4n) is 2.79. The smallest absolute Gasteiger partial charge is 0.229 e. The van der Waals surface area contributed by atoms with Crippen molar-refractivity contribution < 1.29 is 9.59 Å². The number of hydrogen-bond acceptors (Lipinski definition) is 2. The number of nitrogens with zero attached hydrogens (tertiary/aromatic N) is 1. The van der Waals surface area contributed by atoms with E-state index in [1.165, 1.54) is 4.90 Å². The van der Waals surface area contributed by atoms with Crippen LogP contribution in [0.3, 0.4) is 0 Å². The molecule has 25 heavy (non-hydrogen) atoms. The zero-order valence-electron chi connectivity index (χ0n) is 13.4. The van der Waals surface area contributed by atoms with Crippen molar-refractivity contribution in [2.75, 3.05) is 16.8 Å². The van der Waals surface area contributed by atoms with E-state index in [1.807, 2.05) is 6.92 Å². The Balaban J connectivity index is 1.77. The van der Waals surface area contributed by atoms with Crippen molar-refractivity contribution in [1.29, 1.82) is 0 Å². The second kappa shape index (κ2) is 7.24. The molecule has 0 radical (unpaired) electrons. The highest BCUT2D eigenvalue weighted by Crippen LogP contribution is 2.36. The van der Waals surface area contributed by atoms with Crippen LogP contribution in [0, 0.1) is 12.8 Å². The number of benzene rings is 2. The van der Waals surface area contributed by atoms with E-state index < -0.39 is 5.92 Å². The van der Waals surface area contributed by atoms with Gasteiger partial charge in [0.25, 0.3) is 0 Å². The predicted octanol–water partition coefficient (Wildman–Crippen LogP) is 4.95. The first-order chi connectivity index (χ1) is 11.9. The second-order valence-corrected chi connectivity index (χ2v) is 7.07. The zero-order valence-corrected chi connectivity index (χ0v) is 15.6. The van der Waals surface area contributed by atoms with Crippen LogP contribution in [0.1, 0.15) is 12.0 Å². The lowest BCUT2D eigenvalue weighted by Gasteiger charge is -2.19. The summed E-state index contributed by atoms with van der Waals surface area (Å²) >= 11 is 18.3. The molecular weight excluding hydrogens is 383 g/mol. The summed E-state index contributed by atoms with van der Waals surface area (Å²) in [5.41, 5.74) is 1.95. The molecule has 4 nitrogen and oxygen atoms in total. The maximum Gasteiger partial charge on any atom is 0.229 e. The highest BCUT2D eigenvalue weighted by Gasteiger charge is 2.36. The van der Waals surface area contributed by atoms with Gasteiger partial charge in [-0.3, -0.25) is 9.59 Å². The fourth-order valence-corrected chi connectivity index (χ4v) is 3.37. The first kappa shape index (κ1) is 18.1. The number of amides is 2. The van der Waals surface area contributed by atoms with Gasteiger partial charge in [0, 0.05) is 23.7 Å². The standard InChI is InChI=1S/C18H15Cl3N2O2/c1-10-12(19)4-2-6-14(10)22-18(25)11-8-16(24)23(9-11)15-7-3-5-13(20)17(15)21/h2-7,11H,8-9H2,1H3,(H,22,25)/t11-/m0/s1. The number of halogens is 3. The van der Waals surface area contributed by atoms with E-state index in [4.69, 9.17) is 34.8 Å². The number of hydrogen-bond donors (Lipinski definition) is 1.